The lowest BCUT2D eigenvalue weighted by molar-refractivity contribution is 0.668. The second-order valence-electron chi connectivity index (χ2n) is 16.0. The van der Waals surface area contributed by atoms with Crippen LogP contribution in [0, 0.1) is 0 Å². The fraction of sp³-hybridized carbons (Fsp3) is 0. The van der Waals surface area contributed by atoms with Gasteiger partial charge < -0.3 is 13.7 Å². The summed E-state index contributed by atoms with van der Waals surface area (Å²) in [5.74, 6) is 0. The first kappa shape index (κ1) is 36.5. The molecule has 2 aromatic heterocycles. The van der Waals surface area contributed by atoms with Crippen molar-refractivity contribution in [1.82, 2.24) is 0 Å². The van der Waals surface area contributed by atoms with E-state index in [0.717, 1.165) is 88.8 Å². The van der Waals surface area contributed by atoms with Gasteiger partial charge in [0.1, 0.15) is 22.3 Å². The molecule has 12 aromatic rings. The smallest absolute Gasteiger partial charge is 0.137 e. The minimum atomic E-state index is 0.846. The molecule has 0 atom stereocenters. The molecule has 0 amide bonds. The molecule has 0 fully saturated rings. The monoisotopic (exact) mass is 805 g/mol. The number of hydrogen-bond donors (Lipinski definition) is 0. The highest BCUT2D eigenvalue weighted by atomic mass is 16.3. The van der Waals surface area contributed by atoms with Gasteiger partial charge in [-0.15, -0.1) is 0 Å². The number of furan rings is 2. The van der Waals surface area contributed by atoms with Gasteiger partial charge in [-0.1, -0.05) is 170 Å². The first-order chi connectivity index (χ1) is 31.2. The van der Waals surface area contributed by atoms with Crippen LogP contribution in [0.1, 0.15) is 0 Å². The van der Waals surface area contributed by atoms with Crippen molar-refractivity contribution in [3.05, 3.63) is 237 Å². The zero-order chi connectivity index (χ0) is 41.7. The molecule has 2 heterocycles. The van der Waals surface area contributed by atoms with Gasteiger partial charge in [-0.25, -0.2) is 0 Å². The molecule has 3 nitrogen and oxygen atoms in total. The van der Waals surface area contributed by atoms with Crippen molar-refractivity contribution in [3.63, 3.8) is 0 Å². The lowest BCUT2D eigenvalue weighted by Crippen LogP contribution is -2.11. The van der Waals surface area contributed by atoms with Crippen molar-refractivity contribution < 1.29 is 8.83 Å². The van der Waals surface area contributed by atoms with Gasteiger partial charge in [0, 0.05) is 44.5 Å². The van der Waals surface area contributed by atoms with Gasteiger partial charge in [-0.2, -0.15) is 0 Å². The van der Waals surface area contributed by atoms with Crippen molar-refractivity contribution in [2.75, 3.05) is 4.90 Å². The van der Waals surface area contributed by atoms with Crippen molar-refractivity contribution >= 4 is 60.9 Å². The largest absolute Gasteiger partial charge is 0.456 e. The molecule has 0 N–H and O–H groups in total. The summed E-state index contributed by atoms with van der Waals surface area (Å²) >= 11 is 0. The van der Waals surface area contributed by atoms with E-state index in [0.29, 0.717) is 0 Å². The normalized spacial score (nSPS) is 11.5. The minimum Gasteiger partial charge on any atom is -0.456 e. The Hall–Kier alpha value is -8.40. The van der Waals surface area contributed by atoms with Gasteiger partial charge in [0.15, 0.2) is 0 Å². The van der Waals surface area contributed by atoms with Gasteiger partial charge in [0.05, 0.1) is 5.69 Å². The maximum Gasteiger partial charge on any atom is 0.137 e. The van der Waals surface area contributed by atoms with Crippen LogP contribution in [-0.4, -0.2) is 0 Å². The third kappa shape index (κ3) is 6.46. The average molecular weight is 806 g/mol. The summed E-state index contributed by atoms with van der Waals surface area (Å²) in [7, 11) is 0. The van der Waals surface area contributed by atoms with Crippen molar-refractivity contribution in [2.24, 2.45) is 0 Å². The van der Waals surface area contributed by atoms with Crippen LogP contribution in [-0.2, 0) is 0 Å². The van der Waals surface area contributed by atoms with E-state index in [4.69, 9.17) is 8.83 Å². The molecule has 3 heteroatoms. The molecule has 0 saturated heterocycles. The summed E-state index contributed by atoms with van der Waals surface area (Å²) in [4.78, 5) is 2.36. The maximum absolute atomic E-state index is 6.50. The molecule has 0 aliphatic carbocycles. The predicted molar refractivity (Wildman–Crippen MR) is 263 cm³/mol. The molecule has 0 aliphatic rings. The molecule has 0 unspecified atom stereocenters. The SMILES string of the molecule is c1ccc(-c2ccc(-c3ccccc3-c3ccccc3N(c3ccc(-c4ccc5c(c4)oc4ccccc45)cc3)c3ccc4c(c3)oc3ccccc34)c(-c3ccccc3)c2)cc1. The molecule has 0 aliphatic heterocycles. The summed E-state index contributed by atoms with van der Waals surface area (Å²) in [5, 5.41) is 4.46. The van der Waals surface area contributed by atoms with Crippen LogP contribution in [0.5, 0.6) is 0 Å². The van der Waals surface area contributed by atoms with E-state index in [9.17, 15) is 0 Å². The molecular formula is C60H39NO2. The molecule has 296 valence electrons. The van der Waals surface area contributed by atoms with E-state index in [2.05, 4.69) is 217 Å². The second-order valence-corrected chi connectivity index (χ2v) is 16.0. The van der Waals surface area contributed by atoms with Crippen LogP contribution < -0.4 is 4.90 Å². The van der Waals surface area contributed by atoms with Gasteiger partial charge in [0.2, 0.25) is 0 Å². The molecular weight excluding hydrogens is 767 g/mol. The molecule has 63 heavy (non-hydrogen) atoms. The maximum atomic E-state index is 6.50. The third-order valence-corrected chi connectivity index (χ3v) is 12.3. The van der Waals surface area contributed by atoms with E-state index in [1.165, 1.54) is 27.8 Å². The number of anilines is 3. The first-order valence-corrected chi connectivity index (χ1v) is 21.4. The quantitative estimate of drug-likeness (QED) is 0.153. The van der Waals surface area contributed by atoms with Gasteiger partial charge in [-0.05, 0) is 111 Å². The fourth-order valence-corrected chi connectivity index (χ4v) is 9.28. The molecule has 0 radical (unpaired) electrons. The van der Waals surface area contributed by atoms with Gasteiger partial charge in [0.25, 0.3) is 0 Å². The second kappa shape index (κ2) is 15.3. The van der Waals surface area contributed by atoms with Crippen molar-refractivity contribution in [2.45, 2.75) is 0 Å². The molecule has 10 aromatic carbocycles. The number of fused-ring (bicyclic) bond motifs is 6. The topological polar surface area (TPSA) is 29.5 Å². The number of nitrogens with zero attached hydrogens (tertiary/aromatic N) is 1. The number of benzene rings is 10. The summed E-state index contributed by atoms with van der Waals surface area (Å²) in [6.45, 7) is 0. The Labute approximate surface area is 365 Å². The Balaban J connectivity index is 1.02. The van der Waals surface area contributed by atoms with E-state index < -0.39 is 0 Å². The minimum absolute atomic E-state index is 0.846. The van der Waals surface area contributed by atoms with Crippen LogP contribution >= 0.6 is 0 Å². The highest BCUT2D eigenvalue weighted by Crippen LogP contribution is 2.47. The summed E-state index contributed by atoms with van der Waals surface area (Å²) in [5.41, 5.74) is 18.1. The van der Waals surface area contributed by atoms with Crippen molar-refractivity contribution in [1.29, 1.82) is 0 Å². The summed E-state index contributed by atoms with van der Waals surface area (Å²) in [6, 6.07) is 84.3. The predicted octanol–water partition coefficient (Wildman–Crippen LogP) is 17.3. The van der Waals surface area contributed by atoms with Gasteiger partial charge >= 0.3 is 0 Å². The number of hydrogen-bond acceptors (Lipinski definition) is 3. The molecule has 0 bridgehead atoms. The van der Waals surface area contributed by atoms with Gasteiger partial charge in [-0.3, -0.25) is 0 Å². The van der Waals surface area contributed by atoms with Crippen LogP contribution in [0.15, 0.2) is 245 Å². The molecule has 0 saturated carbocycles. The van der Waals surface area contributed by atoms with E-state index in [1.54, 1.807) is 0 Å². The van der Waals surface area contributed by atoms with Crippen LogP contribution in [0.25, 0.3) is 99.5 Å². The van der Waals surface area contributed by atoms with E-state index in [1.807, 2.05) is 24.3 Å². The zero-order valence-electron chi connectivity index (χ0n) is 34.3. The first-order valence-electron chi connectivity index (χ1n) is 21.4. The molecule has 0 spiro atoms. The molecule has 12 rings (SSSR count). The third-order valence-electron chi connectivity index (χ3n) is 12.3. The highest BCUT2D eigenvalue weighted by Gasteiger charge is 2.22. The highest BCUT2D eigenvalue weighted by molar-refractivity contribution is 6.07. The lowest BCUT2D eigenvalue weighted by atomic mass is 9.87. The summed E-state index contributed by atoms with van der Waals surface area (Å²) < 4.78 is 12.8. The number of rotatable bonds is 8. The van der Waals surface area contributed by atoms with Crippen LogP contribution in [0.4, 0.5) is 17.1 Å². The Morgan fingerprint density at radius 2 is 0.683 bits per heavy atom. The fourth-order valence-electron chi connectivity index (χ4n) is 9.28. The lowest BCUT2D eigenvalue weighted by Gasteiger charge is -2.28. The zero-order valence-corrected chi connectivity index (χ0v) is 34.3. The number of para-hydroxylation sites is 3. The Morgan fingerprint density at radius 3 is 1.38 bits per heavy atom. The summed E-state index contributed by atoms with van der Waals surface area (Å²) in [6.07, 6.45) is 0. The van der Waals surface area contributed by atoms with Crippen molar-refractivity contribution in [3.8, 4) is 55.6 Å². The standard InChI is InChI=1S/C60H39NO2/c1-3-15-40(16-4-1)43-29-34-49(55(37-43)42-17-5-2-6-18-42)47-19-7-8-20-48(47)50-21-9-12-24-56(50)61(46-33-36-54-52-23-11-14-26-58(52)63-60(54)39-46)45-31-27-41(28-32-45)44-30-35-53-51-22-10-13-25-57(51)62-59(53)38-44/h1-39H. The Kier molecular flexibility index (Phi) is 8.83. The van der Waals surface area contributed by atoms with Crippen LogP contribution in [0.3, 0.4) is 0 Å². The Bertz CT molecular complexity index is 3620. The van der Waals surface area contributed by atoms with Crippen LogP contribution in [0.2, 0.25) is 0 Å². The average Bonchev–Trinajstić information content (AvgIpc) is 3.93. The Morgan fingerprint density at radius 1 is 0.238 bits per heavy atom. The van der Waals surface area contributed by atoms with E-state index >= 15 is 0 Å². The van der Waals surface area contributed by atoms with E-state index in [-0.39, 0.29) is 0 Å².